The number of aliphatic hydroxyl groups is 1. The van der Waals surface area contributed by atoms with Crippen molar-refractivity contribution in [2.75, 3.05) is 49.5 Å². The van der Waals surface area contributed by atoms with Gasteiger partial charge in [0.05, 0.1) is 17.9 Å². The van der Waals surface area contributed by atoms with Gasteiger partial charge in [0.15, 0.2) is 5.82 Å². The second-order valence-corrected chi connectivity index (χ2v) is 7.30. The van der Waals surface area contributed by atoms with Crippen LogP contribution < -0.4 is 10.2 Å². The topological polar surface area (TPSA) is 88.9 Å². The van der Waals surface area contributed by atoms with Gasteiger partial charge in [0.25, 0.3) is 0 Å². The molecular weight excluding hydrogens is 356 g/mol. The molecule has 1 fully saturated rings. The maximum Gasteiger partial charge on any atom is 0.337 e. The van der Waals surface area contributed by atoms with E-state index in [1.54, 1.807) is 6.07 Å². The summed E-state index contributed by atoms with van der Waals surface area (Å²) in [5, 5.41) is 21.9. The van der Waals surface area contributed by atoms with E-state index in [0.717, 1.165) is 43.2 Å². The number of β-amino-alcohol motifs (C(OH)–C–C–N with tert-alkyl or cyclic N) is 1. The van der Waals surface area contributed by atoms with E-state index in [4.69, 9.17) is 5.11 Å². The zero-order valence-corrected chi connectivity index (χ0v) is 16.5. The van der Waals surface area contributed by atoms with Gasteiger partial charge in [-0.1, -0.05) is 29.3 Å². The number of piperazine rings is 1. The molecule has 1 aromatic heterocycles. The molecule has 2 aromatic rings. The van der Waals surface area contributed by atoms with E-state index in [2.05, 4.69) is 52.1 Å². The normalized spacial score (nSPS) is 14.9. The molecule has 1 aliphatic rings. The van der Waals surface area contributed by atoms with Gasteiger partial charge in [-0.2, -0.15) is 0 Å². The molecule has 0 aliphatic carbocycles. The molecule has 1 aliphatic heterocycles. The Balaban J connectivity index is 1.79. The zero-order valence-electron chi connectivity index (χ0n) is 16.5. The highest BCUT2D eigenvalue weighted by Gasteiger charge is 2.21. The van der Waals surface area contributed by atoms with Crippen molar-refractivity contribution in [1.29, 1.82) is 0 Å². The summed E-state index contributed by atoms with van der Waals surface area (Å²) in [5.41, 5.74) is 4.46. The number of rotatable bonds is 7. The van der Waals surface area contributed by atoms with Crippen molar-refractivity contribution in [2.24, 2.45) is 0 Å². The third kappa shape index (κ3) is 4.99. The number of carbonyl (C=O) groups is 1. The SMILES string of the molecule is Cc1cc(C)cc(CNc2cc(C(=O)O)cnc2N2CCN(CCO)CC2)c1. The van der Waals surface area contributed by atoms with Gasteiger partial charge < -0.3 is 20.4 Å². The van der Waals surface area contributed by atoms with Crippen molar-refractivity contribution < 1.29 is 15.0 Å². The smallest absolute Gasteiger partial charge is 0.337 e. The standard InChI is InChI=1S/C21H28N4O3/c1-15-9-16(2)11-17(10-15)13-22-19-12-18(21(27)28)14-23-20(19)25-5-3-24(4-6-25)7-8-26/h9-12,14,22,26H,3-8,13H2,1-2H3,(H,27,28). The Kier molecular flexibility index (Phi) is 6.49. The fraction of sp³-hybridized carbons (Fsp3) is 0.429. The lowest BCUT2D eigenvalue weighted by Crippen LogP contribution is -2.47. The van der Waals surface area contributed by atoms with Crippen LogP contribution in [0.3, 0.4) is 0 Å². The Labute approximate surface area is 165 Å². The highest BCUT2D eigenvalue weighted by molar-refractivity contribution is 5.89. The molecule has 150 valence electrons. The van der Waals surface area contributed by atoms with E-state index in [9.17, 15) is 9.90 Å². The zero-order chi connectivity index (χ0) is 20.1. The molecule has 0 bridgehead atoms. The molecule has 0 radical (unpaired) electrons. The van der Waals surface area contributed by atoms with E-state index < -0.39 is 5.97 Å². The predicted molar refractivity (Wildman–Crippen MR) is 110 cm³/mol. The lowest BCUT2D eigenvalue weighted by Gasteiger charge is -2.36. The second kappa shape index (κ2) is 9.03. The Morgan fingerprint density at radius 1 is 1.11 bits per heavy atom. The van der Waals surface area contributed by atoms with Gasteiger partial charge in [-0.25, -0.2) is 9.78 Å². The molecule has 3 rings (SSSR count). The molecular formula is C21H28N4O3. The largest absolute Gasteiger partial charge is 0.478 e. The van der Waals surface area contributed by atoms with Crippen molar-refractivity contribution in [3.63, 3.8) is 0 Å². The monoisotopic (exact) mass is 384 g/mol. The highest BCUT2D eigenvalue weighted by atomic mass is 16.4. The number of carboxylic acids is 1. The van der Waals surface area contributed by atoms with E-state index in [-0.39, 0.29) is 12.2 Å². The summed E-state index contributed by atoms with van der Waals surface area (Å²) in [6.45, 7) is 8.85. The van der Waals surface area contributed by atoms with E-state index in [0.29, 0.717) is 13.1 Å². The number of aromatic nitrogens is 1. The van der Waals surface area contributed by atoms with Gasteiger partial charge in [0, 0.05) is 45.5 Å². The van der Waals surface area contributed by atoms with Gasteiger partial charge in [-0.05, 0) is 25.5 Å². The molecule has 1 saturated heterocycles. The van der Waals surface area contributed by atoms with Crippen LogP contribution in [0, 0.1) is 13.8 Å². The fourth-order valence-corrected chi connectivity index (χ4v) is 3.65. The third-order valence-electron chi connectivity index (χ3n) is 4.97. The first-order valence-electron chi connectivity index (χ1n) is 9.59. The van der Waals surface area contributed by atoms with Crippen molar-refractivity contribution in [2.45, 2.75) is 20.4 Å². The Hall–Kier alpha value is -2.64. The van der Waals surface area contributed by atoms with Crippen LogP contribution in [0.4, 0.5) is 11.5 Å². The van der Waals surface area contributed by atoms with Crippen LogP contribution in [-0.2, 0) is 6.54 Å². The number of hydrogen-bond acceptors (Lipinski definition) is 6. The maximum atomic E-state index is 11.4. The number of carboxylic acid groups (broad SMARTS) is 1. The van der Waals surface area contributed by atoms with Crippen LogP contribution in [0.5, 0.6) is 0 Å². The van der Waals surface area contributed by atoms with Crippen LogP contribution in [0.1, 0.15) is 27.0 Å². The van der Waals surface area contributed by atoms with E-state index >= 15 is 0 Å². The summed E-state index contributed by atoms with van der Waals surface area (Å²) in [5.74, 6) is -0.209. The predicted octanol–water partition coefficient (Wildman–Crippen LogP) is 2.12. The van der Waals surface area contributed by atoms with Crippen LogP contribution in [0.15, 0.2) is 30.5 Å². The third-order valence-corrected chi connectivity index (χ3v) is 4.97. The Bertz CT molecular complexity index is 812. The number of hydrogen-bond donors (Lipinski definition) is 3. The molecule has 0 spiro atoms. The number of aromatic carboxylic acids is 1. The number of aliphatic hydroxyl groups excluding tert-OH is 1. The molecule has 28 heavy (non-hydrogen) atoms. The first-order valence-corrected chi connectivity index (χ1v) is 9.59. The number of aryl methyl sites for hydroxylation is 2. The number of nitrogens with one attached hydrogen (secondary N) is 1. The van der Waals surface area contributed by atoms with Crippen LogP contribution in [0.2, 0.25) is 0 Å². The first kappa shape index (κ1) is 20.1. The summed E-state index contributed by atoms with van der Waals surface area (Å²) in [7, 11) is 0. The molecule has 3 N–H and O–H groups in total. The minimum Gasteiger partial charge on any atom is -0.478 e. The first-order chi connectivity index (χ1) is 13.5. The fourth-order valence-electron chi connectivity index (χ4n) is 3.65. The summed E-state index contributed by atoms with van der Waals surface area (Å²) < 4.78 is 0. The summed E-state index contributed by atoms with van der Waals surface area (Å²) in [6.07, 6.45) is 1.42. The van der Waals surface area contributed by atoms with Gasteiger partial charge in [-0.15, -0.1) is 0 Å². The Morgan fingerprint density at radius 2 is 1.79 bits per heavy atom. The van der Waals surface area contributed by atoms with Gasteiger partial charge in [0.2, 0.25) is 0 Å². The minimum absolute atomic E-state index is 0.161. The number of nitrogens with zero attached hydrogens (tertiary/aromatic N) is 3. The molecule has 1 aromatic carbocycles. The van der Waals surface area contributed by atoms with Crippen molar-refractivity contribution in [3.8, 4) is 0 Å². The average molecular weight is 384 g/mol. The molecule has 0 saturated carbocycles. The highest BCUT2D eigenvalue weighted by Crippen LogP contribution is 2.26. The lowest BCUT2D eigenvalue weighted by molar-refractivity contribution is 0.0696. The molecule has 0 amide bonds. The molecule has 7 nitrogen and oxygen atoms in total. The van der Waals surface area contributed by atoms with Crippen LogP contribution in [-0.4, -0.2) is 65.4 Å². The summed E-state index contributed by atoms with van der Waals surface area (Å²) in [6, 6.07) is 8.05. The van der Waals surface area contributed by atoms with Crippen molar-refractivity contribution in [3.05, 3.63) is 52.7 Å². The van der Waals surface area contributed by atoms with Gasteiger partial charge >= 0.3 is 5.97 Å². The molecule has 7 heteroatoms. The van der Waals surface area contributed by atoms with Crippen LogP contribution in [0.25, 0.3) is 0 Å². The summed E-state index contributed by atoms with van der Waals surface area (Å²) in [4.78, 5) is 20.2. The number of anilines is 2. The van der Waals surface area contributed by atoms with E-state index in [1.807, 2.05) is 0 Å². The molecule has 0 unspecified atom stereocenters. The van der Waals surface area contributed by atoms with E-state index in [1.165, 1.54) is 17.3 Å². The van der Waals surface area contributed by atoms with Crippen LogP contribution >= 0.6 is 0 Å². The van der Waals surface area contributed by atoms with Crippen molar-refractivity contribution in [1.82, 2.24) is 9.88 Å². The van der Waals surface area contributed by atoms with Gasteiger partial charge in [0.1, 0.15) is 0 Å². The number of pyridine rings is 1. The van der Waals surface area contributed by atoms with Crippen molar-refractivity contribution >= 4 is 17.5 Å². The quantitative estimate of drug-likeness (QED) is 0.674. The molecule has 0 atom stereocenters. The second-order valence-electron chi connectivity index (χ2n) is 7.30. The Morgan fingerprint density at radius 3 is 2.39 bits per heavy atom. The van der Waals surface area contributed by atoms with Gasteiger partial charge in [-0.3, -0.25) is 4.90 Å². The maximum absolute atomic E-state index is 11.4. The lowest BCUT2D eigenvalue weighted by atomic mass is 10.1. The minimum atomic E-state index is -0.985. The summed E-state index contributed by atoms with van der Waals surface area (Å²) >= 11 is 0. The average Bonchev–Trinajstić information content (AvgIpc) is 2.66. The number of benzene rings is 1. The molecule has 2 heterocycles.